The zero-order valence-electron chi connectivity index (χ0n) is 17.9. The van der Waals surface area contributed by atoms with Gasteiger partial charge in [-0.3, -0.25) is 14.6 Å². The molecule has 1 aromatic rings. The molecule has 1 unspecified atom stereocenters. The largest absolute Gasteiger partial charge is 0.378 e. The molecule has 2 N–H and O–H groups in total. The van der Waals surface area contributed by atoms with Crippen molar-refractivity contribution in [3.8, 4) is 11.8 Å². The summed E-state index contributed by atoms with van der Waals surface area (Å²) in [4.78, 5) is 16.9. The van der Waals surface area contributed by atoms with Gasteiger partial charge in [0, 0.05) is 25.2 Å². The van der Waals surface area contributed by atoms with E-state index in [4.69, 9.17) is 0 Å². The van der Waals surface area contributed by atoms with Crippen molar-refractivity contribution < 1.29 is 9.90 Å². The van der Waals surface area contributed by atoms with Gasteiger partial charge in [0.05, 0.1) is 6.54 Å². The average Bonchev–Trinajstić information content (AvgIpc) is 3.18. The standard InChI is InChI=1S/C24H35N3O2/c1-24(2,29)12-11-20-7-9-21(10-8-20)17-27-15-5-6-22(18-27)16-25-23(28)19-26-13-3-4-14-26/h7-10,22,29H,3-6,13-19H2,1-2H3,(H,25,28). The lowest BCUT2D eigenvalue weighted by Crippen LogP contribution is -2.43. The number of benzene rings is 1. The van der Waals surface area contributed by atoms with Crippen molar-refractivity contribution in [2.45, 2.75) is 51.7 Å². The molecule has 29 heavy (non-hydrogen) atoms. The molecule has 2 fully saturated rings. The molecule has 0 bridgehead atoms. The van der Waals surface area contributed by atoms with Crippen LogP contribution in [-0.2, 0) is 11.3 Å². The summed E-state index contributed by atoms with van der Waals surface area (Å²) in [5.74, 6) is 6.57. The summed E-state index contributed by atoms with van der Waals surface area (Å²) >= 11 is 0. The Bertz CT molecular complexity index is 721. The van der Waals surface area contributed by atoms with Crippen LogP contribution in [0.3, 0.4) is 0 Å². The van der Waals surface area contributed by atoms with E-state index in [9.17, 15) is 9.90 Å². The number of nitrogens with one attached hydrogen (secondary N) is 1. The number of hydrogen-bond acceptors (Lipinski definition) is 4. The fourth-order valence-corrected chi connectivity index (χ4v) is 4.10. The number of likely N-dealkylation sites (tertiary alicyclic amines) is 2. The van der Waals surface area contributed by atoms with Gasteiger partial charge in [-0.15, -0.1) is 0 Å². The van der Waals surface area contributed by atoms with Crippen LogP contribution in [0.15, 0.2) is 24.3 Å². The van der Waals surface area contributed by atoms with E-state index in [-0.39, 0.29) is 5.91 Å². The van der Waals surface area contributed by atoms with Gasteiger partial charge in [-0.2, -0.15) is 0 Å². The maximum atomic E-state index is 12.2. The minimum Gasteiger partial charge on any atom is -0.378 e. The summed E-state index contributed by atoms with van der Waals surface area (Å²) in [6, 6.07) is 8.29. The molecule has 5 heteroatoms. The Kier molecular flexibility index (Phi) is 7.71. The minimum absolute atomic E-state index is 0.173. The molecule has 158 valence electrons. The highest BCUT2D eigenvalue weighted by Crippen LogP contribution is 2.18. The highest BCUT2D eigenvalue weighted by atomic mass is 16.3. The Hall–Kier alpha value is -1.87. The molecular formula is C24H35N3O2. The zero-order chi connectivity index (χ0) is 20.7. The molecule has 0 saturated carbocycles. The van der Waals surface area contributed by atoms with Crippen LogP contribution in [0.1, 0.15) is 50.7 Å². The molecular weight excluding hydrogens is 362 g/mol. The van der Waals surface area contributed by atoms with Crippen LogP contribution in [-0.4, -0.2) is 65.7 Å². The topological polar surface area (TPSA) is 55.8 Å². The summed E-state index contributed by atoms with van der Waals surface area (Å²) in [6.07, 6.45) is 4.81. The first kappa shape index (κ1) is 21.8. The molecule has 2 saturated heterocycles. The van der Waals surface area contributed by atoms with Gasteiger partial charge >= 0.3 is 0 Å². The van der Waals surface area contributed by atoms with E-state index in [1.54, 1.807) is 13.8 Å². The van der Waals surface area contributed by atoms with E-state index in [0.717, 1.165) is 44.8 Å². The van der Waals surface area contributed by atoms with Crippen molar-refractivity contribution in [3.63, 3.8) is 0 Å². The number of hydrogen-bond donors (Lipinski definition) is 2. The van der Waals surface area contributed by atoms with Gasteiger partial charge < -0.3 is 10.4 Å². The van der Waals surface area contributed by atoms with Crippen LogP contribution < -0.4 is 5.32 Å². The smallest absolute Gasteiger partial charge is 0.234 e. The molecule has 0 aromatic heterocycles. The van der Waals surface area contributed by atoms with E-state index < -0.39 is 5.60 Å². The highest BCUT2D eigenvalue weighted by Gasteiger charge is 2.21. The fourth-order valence-electron chi connectivity index (χ4n) is 4.10. The second-order valence-electron chi connectivity index (χ2n) is 9.04. The second kappa shape index (κ2) is 10.2. The molecule has 2 aliphatic heterocycles. The van der Waals surface area contributed by atoms with E-state index >= 15 is 0 Å². The van der Waals surface area contributed by atoms with Crippen molar-refractivity contribution >= 4 is 5.91 Å². The van der Waals surface area contributed by atoms with Gasteiger partial charge in [0.25, 0.3) is 0 Å². The third kappa shape index (κ3) is 7.81. The van der Waals surface area contributed by atoms with E-state index in [2.05, 4.69) is 39.1 Å². The maximum Gasteiger partial charge on any atom is 0.234 e. The van der Waals surface area contributed by atoms with E-state index in [0.29, 0.717) is 12.5 Å². The summed E-state index contributed by atoms with van der Waals surface area (Å²) in [7, 11) is 0. The Morgan fingerprint density at radius 2 is 1.83 bits per heavy atom. The van der Waals surface area contributed by atoms with Crippen LogP contribution >= 0.6 is 0 Å². The van der Waals surface area contributed by atoms with Gasteiger partial charge in [-0.05, 0) is 82.8 Å². The molecule has 2 heterocycles. The Labute approximate surface area is 175 Å². The number of carbonyl (C=O) groups excluding carboxylic acids is 1. The molecule has 5 nitrogen and oxygen atoms in total. The number of carbonyl (C=O) groups is 1. The van der Waals surface area contributed by atoms with Crippen molar-refractivity contribution in [3.05, 3.63) is 35.4 Å². The lowest BCUT2D eigenvalue weighted by molar-refractivity contribution is -0.122. The van der Waals surface area contributed by atoms with Gasteiger partial charge in [-0.25, -0.2) is 0 Å². The van der Waals surface area contributed by atoms with Gasteiger partial charge in [0.2, 0.25) is 5.91 Å². The third-order valence-corrected chi connectivity index (χ3v) is 5.63. The summed E-state index contributed by atoms with van der Waals surface area (Å²) in [5, 5.41) is 12.9. The fraction of sp³-hybridized carbons (Fsp3) is 0.625. The molecule has 0 radical (unpaired) electrons. The van der Waals surface area contributed by atoms with Crippen LogP contribution in [0.5, 0.6) is 0 Å². The molecule has 1 amide bonds. The van der Waals surface area contributed by atoms with Crippen LogP contribution in [0.25, 0.3) is 0 Å². The van der Waals surface area contributed by atoms with Crippen molar-refractivity contribution in [2.75, 3.05) is 39.3 Å². The molecule has 0 spiro atoms. The Balaban J connectivity index is 1.43. The number of piperidine rings is 1. The molecule has 2 aliphatic rings. The monoisotopic (exact) mass is 397 g/mol. The normalized spacial score (nSPS) is 20.9. The highest BCUT2D eigenvalue weighted by molar-refractivity contribution is 5.78. The Morgan fingerprint density at radius 1 is 1.14 bits per heavy atom. The predicted molar refractivity (Wildman–Crippen MR) is 116 cm³/mol. The van der Waals surface area contributed by atoms with Crippen LogP contribution in [0.2, 0.25) is 0 Å². The first-order valence-corrected chi connectivity index (χ1v) is 10.9. The molecule has 1 aromatic carbocycles. The summed E-state index contributed by atoms with van der Waals surface area (Å²) < 4.78 is 0. The van der Waals surface area contributed by atoms with E-state index in [1.165, 1.54) is 31.2 Å². The van der Waals surface area contributed by atoms with Crippen LogP contribution in [0.4, 0.5) is 0 Å². The van der Waals surface area contributed by atoms with Crippen LogP contribution in [0, 0.1) is 17.8 Å². The summed E-state index contributed by atoms with van der Waals surface area (Å²) in [5.41, 5.74) is 1.23. The van der Waals surface area contributed by atoms with Gasteiger partial charge in [0.15, 0.2) is 0 Å². The lowest BCUT2D eigenvalue weighted by Gasteiger charge is -2.33. The Morgan fingerprint density at radius 3 is 2.52 bits per heavy atom. The van der Waals surface area contributed by atoms with E-state index in [1.807, 2.05) is 12.1 Å². The second-order valence-corrected chi connectivity index (χ2v) is 9.04. The first-order valence-electron chi connectivity index (χ1n) is 10.9. The van der Waals surface area contributed by atoms with Crippen molar-refractivity contribution in [2.24, 2.45) is 5.92 Å². The maximum absolute atomic E-state index is 12.2. The van der Waals surface area contributed by atoms with Crippen molar-refractivity contribution in [1.29, 1.82) is 0 Å². The molecule has 0 aliphatic carbocycles. The molecule has 3 rings (SSSR count). The minimum atomic E-state index is -0.967. The summed E-state index contributed by atoms with van der Waals surface area (Å²) in [6.45, 7) is 9.92. The average molecular weight is 398 g/mol. The SMILES string of the molecule is CC(C)(O)C#Cc1ccc(CN2CCCC(CNC(=O)CN3CCCC3)C2)cc1. The number of amides is 1. The predicted octanol–water partition coefficient (Wildman–Crippen LogP) is 2.23. The van der Waals surface area contributed by atoms with Gasteiger partial charge in [0.1, 0.15) is 5.60 Å². The quantitative estimate of drug-likeness (QED) is 0.723. The molecule has 1 atom stereocenters. The lowest BCUT2D eigenvalue weighted by atomic mass is 9.97. The van der Waals surface area contributed by atoms with Crippen molar-refractivity contribution in [1.82, 2.24) is 15.1 Å². The van der Waals surface area contributed by atoms with Gasteiger partial charge in [-0.1, -0.05) is 24.0 Å². The number of nitrogens with zero attached hydrogens (tertiary/aromatic N) is 2. The first-order chi connectivity index (χ1) is 13.9. The number of rotatable bonds is 6. The number of aliphatic hydroxyl groups is 1. The zero-order valence-corrected chi connectivity index (χ0v) is 17.9. The third-order valence-electron chi connectivity index (χ3n) is 5.63.